The second-order valence-corrected chi connectivity index (χ2v) is 4.90. The predicted molar refractivity (Wildman–Crippen MR) is 78.7 cm³/mol. The first-order valence-corrected chi connectivity index (χ1v) is 6.83. The second kappa shape index (κ2) is 6.57. The van der Waals surface area contributed by atoms with Crippen molar-refractivity contribution in [3.63, 3.8) is 0 Å². The van der Waals surface area contributed by atoms with Gasteiger partial charge >= 0.3 is 0 Å². The molecule has 1 aliphatic heterocycles. The lowest BCUT2D eigenvalue weighted by Gasteiger charge is -2.30. The molecule has 2 amide bonds. The lowest BCUT2D eigenvalue weighted by molar-refractivity contribution is -0.168. The molecule has 1 aliphatic rings. The van der Waals surface area contributed by atoms with E-state index in [9.17, 15) is 14.4 Å². The molecule has 2 rings (SSSR count). The Balaban J connectivity index is 2.21. The fourth-order valence-electron chi connectivity index (χ4n) is 2.13. The van der Waals surface area contributed by atoms with Crippen molar-refractivity contribution in [1.82, 2.24) is 5.06 Å². The van der Waals surface area contributed by atoms with Crippen LogP contribution in [0.4, 0.5) is 5.69 Å². The van der Waals surface area contributed by atoms with Gasteiger partial charge in [-0.3, -0.25) is 19.2 Å². The quantitative estimate of drug-likeness (QED) is 0.600. The SMILES string of the molecule is CON(C)C(=O)CCN1C(=O)COc2ccc(C(C)=O)cc21. The van der Waals surface area contributed by atoms with Crippen LogP contribution in [0.1, 0.15) is 23.7 Å². The van der Waals surface area contributed by atoms with E-state index < -0.39 is 0 Å². The van der Waals surface area contributed by atoms with Gasteiger partial charge in [0.1, 0.15) is 5.75 Å². The Labute approximate surface area is 128 Å². The minimum absolute atomic E-state index is 0.0826. The van der Waals surface area contributed by atoms with Crippen molar-refractivity contribution in [2.24, 2.45) is 0 Å². The molecular formula is C15H18N2O5. The number of hydrogen-bond acceptors (Lipinski definition) is 5. The molecule has 118 valence electrons. The third kappa shape index (κ3) is 3.25. The molecule has 1 aromatic carbocycles. The lowest BCUT2D eigenvalue weighted by atomic mass is 10.1. The second-order valence-electron chi connectivity index (χ2n) is 4.90. The Kier molecular flexibility index (Phi) is 4.77. The Hall–Kier alpha value is -2.41. The van der Waals surface area contributed by atoms with Crippen molar-refractivity contribution in [2.45, 2.75) is 13.3 Å². The Morgan fingerprint density at radius 3 is 2.77 bits per heavy atom. The summed E-state index contributed by atoms with van der Waals surface area (Å²) in [6, 6.07) is 4.92. The summed E-state index contributed by atoms with van der Waals surface area (Å²) in [6.45, 7) is 1.57. The summed E-state index contributed by atoms with van der Waals surface area (Å²) in [7, 11) is 2.90. The molecular weight excluding hydrogens is 288 g/mol. The number of nitrogens with zero attached hydrogens (tertiary/aromatic N) is 2. The van der Waals surface area contributed by atoms with Crippen LogP contribution >= 0.6 is 0 Å². The summed E-state index contributed by atoms with van der Waals surface area (Å²) in [4.78, 5) is 41.6. The van der Waals surface area contributed by atoms with Crippen molar-refractivity contribution in [2.75, 3.05) is 32.2 Å². The molecule has 0 unspecified atom stereocenters. The standard InChI is InChI=1S/C15H18N2O5/c1-10(18)11-4-5-13-12(8-11)17(15(20)9-22-13)7-6-14(19)16(2)21-3/h4-5,8H,6-7,9H2,1-3H3. The molecule has 1 heterocycles. The van der Waals surface area contributed by atoms with E-state index in [1.807, 2.05) is 0 Å². The molecule has 7 nitrogen and oxygen atoms in total. The van der Waals surface area contributed by atoms with Gasteiger partial charge in [0.05, 0.1) is 12.8 Å². The Morgan fingerprint density at radius 1 is 1.41 bits per heavy atom. The molecule has 0 aromatic heterocycles. The fourth-order valence-corrected chi connectivity index (χ4v) is 2.13. The number of carbonyl (C=O) groups is 3. The predicted octanol–water partition coefficient (Wildman–Crippen LogP) is 1.02. The van der Waals surface area contributed by atoms with Crippen LogP contribution in [-0.2, 0) is 14.4 Å². The number of amides is 2. The number of ether oxygens (including phenoxy) is 1. The van der Waals surface area contributed by atoms with Gasteiger partial charge in [0.15, 0.2) is 12.4 Å². The molecule has 7 heteroatoms. The molecule has 1 aromatic rings. The van der Waals surface area contributed by atoms with Crippen LogP contribution in [0.15, 0.2) is 18.2 Å². The van der Waals surface area contributed by atoms with Gasteiger partial charge in [-0.2, -0.15) is 0 Å². The van der Waals surface area contributed by atoms with E-state index in [1.54, 1.807) is 18.2 Å². The third-order valence-electron chi connectivity index (χ3n) is 3.48. The van der Waals surface area contributed by atoms with E-state index in [1.165, 1.54) is 26.0 Å². The maximum atomic E-state index is 12.0. The number of hydroxylamine groups is 2. The minimum atomic E-state index is -0.249. The number of anilines is 1. The highest BCUT2D eigenvalue weighted by Gasteiger charge is 2.27. The highest BCUT2D eigenvalue weighted by molar-refractivity contribution is 6.01. The molecule has 0 radical (unpaired) electrons. The molecule has 0 bridgehead atoms. The molecule has 0 atom stereocenters. The van der Waals surface area contributed by atoms with Crippen molar-refractivity contribution in [3.05, 3.63) is 23.8 Å². The van der Waals surface area contributed by atoms with Crippen LogP contribution < -0.4 is 9.64 Å². The van der Waals surface area contributed by atoms with Crippen LogP contribution in [0.5, 0.6) is 5.75 Å². The molecule has 22 heavy (non-hydrogen) atoms. The van der Waals surface area contributed by atoms with Crippen molar-refractivity contribution >= 4 is 23.3 Å². The summed E-state index contributed by atoms with van der Waals surface area (Å²) in [5.41, 5.74) is 0.999. The Bertz CT molecular complexity index is 614. The first-order valence-electron chi connectivity index (χ1n) is 6.83. The van der Waals surface area contributed by atoms with E-state index in [-0.39, 0.29) is 37.2 Å². The maximum Gasteiger partial charge on any atom is 0.265 e. The molecule has 0 spiro atoms. The third-order valence-corrected chi connectivity index (χ3v) is 3.48. The fraction of sp³-hybridized carbons (Fsp3) is 0.400. The van der Waals surface area contributed by atoms with Gasteiger partial charge in [0, 0.05) is 25.6 Å². The van der Waals surface area contributed by atoms with Gasteiger partial charge < -0.3 is 9.64 Å². The smallest absolute Gasteiger partial charge is 0.265 e. The van der Waals surface area contributed by atoms with Gasteiger partial charge in [-0.1, -0.05) is 0 Å². The zero-order valence-electron chi connectivity index (χ0n) is 12.8. The summed E-state index contributed by atoms with van der Waals surface area (Å²) >= 11 is 0. The number of hydrogen-bond donors (Lipinski definition) is 0. The van der Waals surface area contributed by atoms with E-state index in [0.29, 0.717) is 17.0 Å². The van der Waals surface area contributed by atoms with Crippen LogP contribution in [0.25, 0.3) is 0 Å². The van der Waals surface area contributed by atoms with Gasteiger partial charge in [0.25, 0.3) is 5.91 Å². The zero-order valence-corrected chi connectivity index (χ0v) is 12.8. The normalized spacial score (nSPS) is 13.4. The van der Waals surface area contributed by atoms with Gasteiger partial charge in [-0.05, 0) is 25.1 Å². The highest BCUT2D eigenvalue weighted by atomic mass is 16.7. The number of Topliss-reactive ketones (excluding diaryl/α,β-unsaturated/α-hetero) is 1. The van der Waals surface area contributed by atoms with Crippen LogP contribution in [-0.4, -0.2) is 50.0 Å². The number of rotatable bonds is 5. The summed E-state index contributed by atoms with van der Waals surface area (Å²) in [6.07, 6.45) is 0.111. The van der Waals surface area contributed by atoms with Crippen LogP contribution in [0.2, 0.25) is 0 Å². The van der Waals surface area contributed by atoms with Gasteiger partial charge in [-0.25, -0.2) is 5.06 Å². The number of carbonyl (C=O) groups excluding carboxylic acids is 3. The van der Waals surface area contributed by atoms with Gasteiger partial charge in [-0.15, -0.1) is 0 Å². The average Bonchev–Trinajstić information content (AvgIpc) is 2.52. The zero-order chi connectivity index (χ0) is 16.3. The van der Waals surface area contributed by atoms with E-state index in [2.05, 4.69) is 0 Å². The Morgan fingerprint density at radius 2 is 2.14 bits per heavy atom. The van der Waals surface area contributed by atoms with Crippen molar-refractivity contribution in [1.29, 1.82) is 0 Å². The number of ketones is 1. The summed E-state index contributed by atoms with van der Waals surface area (Å²) in [5, 5.41) is 1.11. The van der Waals surface area contributed by atoms with Crippen LogP contribution in [0.3, 0.4) is 0 Å². The molecule has 0 saturated carbocycles. The van der Waals surface area contributed by atoms with Crippen molar-refractivity contribution < 1.29 is 24.0 Å². The first-order chi connectivity index (χ1) is 10.4. The number of benzene rings is 1. The monoisotopic (exact) mass is 306 g/mol. The molecule has 0 fully saturated rings. The van der Waals surface area contributed by atoms with Crippen LogP contribution in [0, 0.1) is 0 Å². The molecule has 0 N–H and O–H groups in total. The molecule has 0 aliphatic carbocycles. The number of fused-ring (bicyclic) bond motifs is 1. The minimum Gasteiger partial charge on any atom is -0.482 e. The van der Waals surface area contributed by atoms with Crippen molar-refractivity contribution in [3.8, 4) is 5.75 Å². The summed E-state index contributed by atoms with van der Waals surface area (Å²) in [5.74, 6) is -0.0692. The highest BCUT2D eigenvalue weighted by Crippen LogP contribution is 2.33. The average molecular weight is 306 g/mol. The largest absolute Gasteiger partial charge is 0.482 e. The van der Waals surface area contributed by atoms with E-state index in [4.69, 9.17) is 9.57 Å². The van der Waals surface area contributed by atoms with Gasteiger partial charge in [0.2, 0.25) is 5.91 Å². The summed E-state index contributed by atoms with van der Waals surface area (Å²) < 4.78 is 5.35. The maximum absolute atomic E-state index is 12.0. The lowest BCUT2D eigenvalue weighted by Crippen LogP contribution is -2.41. The first kappa shape index (κ1) is 16.0. The van der Waals surface area contributed by atoms with E-state index in [0.717, 1.165) is 5.06 Å². The topological polar surface area (TPSA) is 76.2 Å². The van der Waals surface area contributed by atoms with E-state index >= 15 is 0 Å². The molecule has 0 saturated heterocycles.